The average molecular weight is 284 g/mol. The van der Waals surface area contributed by atoms with Crippen molar-refractivity contribution in [2.24, 2.45) is 0 Å². The van der Waals surface area contributed by atoms with Crippen molar-refractivity contribution in [1.29, 1.82) is 10.5 Å². The van der Waals surface area contributed by atoms with Crippen LogP contribution in [0.1, 0.15) is 21.7 Å². The number of hydrogen-bond acceptors (Lipinski definition) is 5. The third-order valence-electron chi connectivity index (χ3n) is 2.68. The molecule has 0 fully saturated rings. The number of nitrogens with zero attached hydrogens (tertiary/aromatic N) is 4. The van der Waals surface area contributed by atoms with Gasteiger partial charge < -0.3 is 5.11 Å². The standard InChI is InChI=1S/C13H8N4O2S/c1-20-11-4-2-3-9(12(11)13(18)19)17-7-16-8(5-14)10(17)6-15/h2-4,7H,1H3,(H,18,19). The summed E-state index contributed by atoms with van der Waals surface area (Å²) in [6, 6.07) is 8.64. The Morgan fingerprint density at radius 3 is 2.70 bits per heavy atom. The van der Waals surface area contributed by atoms with Crippen molar-refractivity contribution < 1.29 is 9.90 Å². The Labute approximate surface area is 118 Å². The van der Waals surface area contributed by atoms with E-state index >= 15 is 0 Å². The summed E-state index contributed by atoms with van der Waals surface area (Å²) in [5.41, 5.74) is 0.389. The van der Waals surface area contributed by atoms with Crippen LogP contribution in [-0.2, 0) is 0 Å². The fourth-order valence-corrected chi connectivity index (χ4v) is 2.44. The highest BCUT2D eigenvalue weighted by atomic mass is 32.2. The lowest BCUT2D eigenvalue weighted by atomic mass is 10.1. The molecular weight excluding hydrogens is 276 g/mol. The number of carboxylic acid groups (broad SMARTS) is 1. The van der Waals surface area contributed by atoms with E-state index in [0.717, 1.165) is 0 Å². The van der Waals surface area contributed by atoms with Gasteiger partial charge in [-0.05, 0) is 18.4 Å². The topological polar surface area (TPSA) is 103 Å². The van der Waals surface area contributed by atoms with Crippen LogP contribution in [0.4, 0.5) is 0 Å². The van der Waals surface area contributed by atoms with Gasteiger partial charge in [-0.1, -0.05) is 6.07 Å². The lowest BCUT2D eigenvalue weighted by molar-refractivity contribution is 0.0693. The predicted octanol–water partition coefficient (Wildman–Crippen LogP) is 2.04. The first-order chi connectivity index (χ1) is 9.63. The summed E-state index contributed by atoms with van der Waals surface area (Å²) in [6.07, 6.45) is 3.05. The third kappa shape index (κ3) is 2.11. The highest BCUT2D eigenvalue weighted by Crippen LogP contribution is 2.27. The molecule has 0 bridgehead atoms. The van der Waals surface area contributed by atoms with Gasteiger partial charge in [-0.15, -0.1) is 11.8 Å². The molecule has 0 aliphatic rings. The summed E-state index contributed by atoms with van der Waals surface area (Å²) in [6.45, 7) is 0. The number of nitriles is 2. The van der Waals surface area contributed by atoms with Gasteiger partial charge >= 0.3 is 5.97 Å². The van der Waals surface area contributed by atoms with Gasteiger partial charge in [-0.2, -0.15) is 10.5 Å². The zero-order valence-corrected chi connectivity index (χ0v) is 11.2. The zero-order valence-electron chi connectivity index (χ0n) is 10.4. The first-order valence-electron chi connectivity index (χ1n) is 5.42. The summed E-state index contributed by atoms with van der Waals surface area (Å²) in [5, 5.41) is 27.4. The molecule has 0 amide bonds. The Morgan fingerprint density at radius 2 is 2.15 bits per heavy atom. The number of carbonyl (C=O) groups is 1. The molecule has 0 atom stereocenters. The molecule has 0 aliphatic heterocycles. The molecule has 1 aromatic heterocycles. The van der Waals surface area contributed by atoms with Crippen molar-refractivity contribution >= 4 is 17.7 Å². The summed E-state index contributed by atoms with van der Waals surface area (Å²) >= 11 is 1.30. The Morgan fingerprint density at radius 1 is 1.40 bits per heavy atom. The van der Waals surface area contributed by atoms with Crippen LogP contribution in [0, 0.1) is 22.7 Å². The number of thioether (sulfide) groups is 1. The molecule has 0 saturated heterocycles. The van der Waals surface area contributed by atoms with Crippen molar-refractivity contribution in [3.63, 3.8) is 0 Å². The molecule has 2 aromatic rings. The molecule has 6 nitrogen and oxygen atoms in total. The summed E-state index contributed by atoms with van der Waals surface area (Å²) in [5.74, 6) is -1.10. The van der Waals surface area contributed by atoms with Crippen molar-refractivity contribution in [2.75, 3.05) is 6.26 Å². The highest BCUT2D eigenvalue weighted by Gasteiger charge is 2.20. The number of aromatic carboxylic acids is 1. The van der Waals surface area contributed by atoms with Crippen molar-refractivity contribution in [3.05, 3.63) is 41.5 Å². The van der Waals surface area contributed by atoms with Gasteiger partial charge in [0.1, 0.15) is 18.5 Å². The number of rotatable bonds is 3. The van der Waals surface area contributed by atoms with Gasteiger partial charge in [-0.3, -0.25) is 4.57 Å². The molecule has 0 unspecified atom stereocenters. The Bertz CT molecular complexity index is 768. The summed E-state index contributed by atoms with van der Waals surface area (Å²) in [7, 11) is 0. The van der Waals surface area contributed by atoms with Crippen molar-refractivity contribution in [2.45, 2.75) is 4.90 Å². The Hall–Kier alpha value is -2.77. The van der Waals surface area contributed by atoms with E-state index < -0.39 is 5.97 Å². The largest absolute Gasteiger partial charge is 0.478 e. The Balaban J connectivity index is 2.78. The maximum absolute atomic E-state index is 11.5. The normalized spacial score (nSPS) is 9.75. The second kappa shape index (κ2) is 5.47. The number of carboxylic acids is 1. The van der Waals surface area contributed by atoms with E-state index in [9.17, 15) is 9.90 Å². The van der Waals surface area contributed by atoms with Crippen LogP contribution in [-0.4, -0.2) is 26.9 Å². The third-order valence-corrected chi connectivity index (χ3v) is 3.46. The van der Waals surface area contributed by atoms with E-state index in [4.69, 9.17) is 10.5 Å². The maximum atomic E-state index is 11.5. The first kappa shape index (κ1) is 13.7. The van der Waals surface area contributed by atoms with Gasteiger partial charge in [0, 0.05) is 4.90 Å². The minimum atomic E-state index is -1.10. The maximum Gasteiger partial charge on any atom is 0.338 e. The molecular formula is C13H8N4O2S. The fourth-order valence-electron chi connectivity index (χ4n) is 1.83. The van der Waals surface area contributed by atoms with Crippen LogP contribution in [0.2, 0.25) is 0 Å². The molecule has 7 heteroatoms. The molecule has 98 valence electrons. The van der Waals surface area contributed by atoms with Crippen LogP contribution in [0.5, 0.6) is 0 Å². The Kier molecular flexibility index (Phi) is 3.74. The zero-order chi connectivity index (χ0) is 14.7. The molecule has 0 aliphatic carbocycles. The lowest BCUT2D eigenvalue weighted by Gasteiger charge is -2.11. The average Bonchev–Trinajstić information content (AvgIpc) is 2.88. The first-order valence-corrected chi connectivity index (χ1v) is 6.64. The van der Waals surface area contributed by atoms with E-state index in [1.54, 1.807) is 30.5 Å². The number of hydrogen-bond donors (Lipinski definition) is 1. The minimum Gasteiger partial charge on any atom is -0.478 e. The van der Waals surface area contributed by atoms with Crippen LogP contribution >= 0.6 is 11.8 Å². The van der Waals surface area contributed by atoms with Crippen molar-refractivity contribution in [1.82, 2.24) is 9.55 Å². The van der Waals surface area contributed by atoms with E-state index in [0.29, 0.717) is 10.6 Å². The fraction of sp³-hybridized carbons (Fsp3) is 0.0769. The molecule has 2 rings (SSSR count). The van der Waals surface area contributed by atoms with Gasteiger partial charge in [-0.25, -0.2) is 9.78 Å². The molecule has 0 saturated carbocycles. The number of benzene rings is 1. The summed E-state index contributed by atoms with van der Waals surface area (Å²) in [4.78, 5) is 15.8. The van der Waals surface area contributed by atoms with Gasteiger partial charge in [0.25, 0.3) is 0 Å². The quantitative estimate of drug-likeness (QED) is 0.865. The predicted molar refractivity (Wildman–Crippen MR) is 71.7 cm³/mol. The van der Waals surface area contributed by atoms with Crippen molar-refractivity contribution in [3.8, 4) is 17.8 Å². The van der Waals surface area contributed by atoms with Crippen LogP contribution < -0.4 is 0 Å². The van der Waals surface area contributed by atoms with E-state index in [-0.39, 0.29) is 17.0 Å². The minimum absolute atomic E-state index is 0.0215. The molecule has 0 radical (unpaired) electrons. The molecule has 20 heavy (non-hydrogen) atoms. The lowest BCUT2D eigenvalue weighted by Crippen LogP contribution is -2.08. The smallest absolute Gasteiger partial charge is 0.338 e. The van der Waals surface area contributed by atoms with Gasteiger partial charge in [0.15, 0.2) is 11.4 Å². The van der Waals surface area contributed by atoms with Crippen LogP contribution in [0.25, 0.3) is 5.69 Å². The van der Waals surface area contributed by atoms with Crippen LogP contribution in [0.15, 0.2) is 29.4 Å². The second-order valence-corrected chi connectivity index (χ2v) is 4.54. The number of aromatic nitrogens is 2. The molecule has 1 heterocycles. The van der Waals surface area contributed by atoms with Crippen LogP contribution in [0.3, 0.4) is 0 Å². The monoisotopic (exact) mass is 284 g/mol. The van der Waals surface area contributed by atoms with E-state index in [1.165, 1.54) is 22.7 Å². The van der Waals surface area contributed by atoms with E-state index in [1.807, 2.05) is 6.07 Å². The highest BCUT2D eigenvalue weighted by molar-refractivity contribution is 7.98. The molecule has 1 N–H and O–H groups in total. The summed E-state index contributed by atoms with van der Waals surface area (Å²) < 4.78 is 1.32. The number of imidazole rings is 1. The SMILES string of the molecule is CSc1cccc(-n2cnc(C#N)c2C#N)c1C(=O)O. The molecule has 1 aromatic carbocycles. The van der Waals surface area contributed by atoms with E-state index in [2.05, 4.69) is 4.98 Å². The second-order valence-electron chi connectivity index (χ2n) is 3.69. The van der Waals surface area contributed by atoms with Gasteiger partial charge in [0.2, 0.25) is 0 Å². The van der Waals surface area contributed by atoms with Gasteiger partial charge in [0.05, 0.1) is 11.3 Å². The molecule has 0 spiro atoms.